The number of nitrogens with one attached hydrogen (secondary N) is 1. The lowest BCUT2D eigenvalue weighted by Gasteiger charge is -2.33. The van der Waals surface area contributed by atoms with Crippen molar-refractivity contribution in [2.45, 2.75) is 32.2 Å². The van der Waals surface area contributed by atoms with Gasteiger partial charge >= 0.3 is 0 Å². The largest absolute Gasteiger partial charge is 0.468 e. The molecule has 1 aliphatic heterocycles. The highest BCUT2D eigenvalue weighted by atomic mass is 16.3. The second-order valence-electron chi connectivity index (χ2n) is 6.20. The molecule has 1 atom stereocenters. The molecule has 1 N–H and O–H groups in total. The predicted octanol–water partition coefficient (Wildman–Crippen LogP) is 3.55. The Balaban J connectivity index is 1.66. The Morgan fingerprint density at radius 2 is 1.91 bits per heavy atom. The summed E-state index contributed by atoms with van der Waals surface area (Å²) in [5.41, 5.74) is 1.86. The molecule has 0 aliphatic carbocycles. The van der Waals surface area contributed by atoms with E-state index in [1.54, 1.807) is 6.26 Å². The maximum absolute atomic E-state index is 12.4. The SMILES string of the molecule is Cc1ccc(C(=O)NCC(c2ccco2)N2CCCCC2)cc1. The number of amides is 1. The van der Waals surface area contributed by atoms with Crippen LogP contribution in [0.2, 0.25) is 0 Å². The van der Waals surface area contributed by atoms with E-state index in [0.717, 1.165) is 24.4 Å². The van der Waals surface area contributed by atoms with Gasteiger partial charge < -0.3 is 9.73 Å². The minimum absolute atomic E-state index is 0.0291. The van der Waals surface area contributed by atoms with Gasteiger partial charge in [0.25, 0.3) is 5.91 Å². The minimum atomic E-state index is -0.0291. The quantitative estimate of drug-likeness (QED) is 0.918. The molecule has 2 aromatic rings. The monoisotopic (exact) mass is 312 g/mol. The third-order valence-corrected chi connectivity index (χ3v) is 4.47. The molecule has 1 aromatic heterocycles. The molecule has 2 heterocycles. The van der Waals surface area contributed by atoms with Crippen LogP contribution in [0.15, 0.2) is 47.1 Å². The second kappa shape index (κ2) is 7.47. The van der Waals surface area contributed by atoms with Gasteiger partial charge in [-0.15, -0.1) is 0 Å². The smallest absolute Gasteiger partial charge is 0.251 e. The Bertz CT molecular complexity index is 613. The number of aryl methyl sites for hydroxylation is 1. The number of piperidine rings is 1. The van der Waals surface area contributed by atoms with Crippen molar-refractivity contribution in [1.82, 2.24) is 10.2 Å². The minimum Gasteiger partial charge on any atom is -0.468 e. The van der Waals surface area contributed by atoms with Crippen molar-refractivity contribution in [1.29, 1.82) is 0 Å². The fourth-order valence-electron chi connectivity index (χ4n) is 3.12. The van der Waals surface area contributed by atoms with Crippen LogP contribution in [0.25, 0.3) is 0 Å². The predicted molar refractivity (Wildman–Crippen MR) is 90.4 cm³/mol. The normalized spacial score (nSPS) is 16.9. The van der Waals surface area contributed by atoms with E-state index in [1.165, 1.54) is 19.3 Å². The van der Waals surface area contributed by atoms with Crippen LogP contribution in [0, 0.1) is 6.92 Å². The molecule has 1 saturated heterocycles. The third-order valence-electron chi connectivity index (χ3n) is 4.47. The Morgan fingerprint density at radius 3 is 2.57 bits per heavy atom. The summed E-state index contributed by atoms with van der Waals surface area (Å²) in [6.45, 7) is 4.71. The number of likely N-dealkylation sites (tertiary alicyclic amines) is 1. The molecule has 122 valence electrons. The first-order valence-electron chi connectivity index (χ1n) is 8.36. The summed E-state index contributed by atoms with van der Waals surface area (Å²) in [7, 11) is 0. The van der Waals surface area contributed by atoms with Gasteiger partial charge in [-0.2, -0.15) is 0 Å². The van der Waals surface area contributed by atoms with Gasteiger partial charge in [0.1, 0.15) is 5.76 Å². The van der Waals surface area contributed by atoms with Gasteiger partial charge in [-0.05, 0) is 57.1 Å². The fraction of sp³-hybridized carbons (Fsp3) is 0.421. The molecular formula is C19H24N2O2. The summed E-state index contributed by atoms with van der Waals surface area (Å²) in [5, 5.41) is 3.06. The Hall–Kier alpha value is -2.07. The van der Waals surface area contributed by atoms with Crippen LogP contribution in [0.4, 0.5) is 0 Å². The number of rotatable bonds is 5. The van der Waals surface area contributed by atoms with E-state index >= 15 is 0 Å². The van der Waals surface area contributed by atoms with E-state index in [0.29, 0.717) is 12.1 Å². The zero-order valence-electron chi connectivity index (χ0n) is 13.6. The molecule has 1 aromatic carbocycles. The Morgan fingerprint density at radius 1 is 1.17 bits per heavy atom. The molecule has 1 amide bonds. The van der Waals surface area contributed by atoms with Crippen molar-refractivity contribution in [2.75, 3.05) is 19.6 Å². The number of hydrogen-bond acceptors (Lipinski definition) is 3. The summed E-state index contributed by atoms with van der Waals surface area (Å²) in [4.78, 5) is 14.8. The van der Waals surface area contributed by atoms with E-state index in [-0.39, 0.29) is 11.9 Å². The maximum Gasteiger partial charge on any atom is 0.251 e. The Kier molecular flexibility index (Phi) is 5.13. The third kappa shape index (κ3) is 4.02. The molecule has 0 radical (unpaired) electrons. The van der Waals surface area contributed by atoms with Crippen LogP contribution in [0.3, 0.4) is 0 Å². The molecule has 4 nitrogen and oxygen atoms in total. The zero-order chi connectivity index (χ0) is 16.1. The van der Waals surface area contributed by atoms with Crippen LogP contribution in [-0.4, -0.2) is 30.4 Å². The standard InChI is InChI=1S/C19H24N2O2/c1-15-7-9-16(10-8-15)19(22)20-14-17(18-6-5-13-23-18)21-11-3-2-4-12-21/h5-10,13,17H,2-4,11-12,14H2,1H3,(H,20,22). The molecule has 0 bridgehead atoms. The molecular weight excluding hydrogens is 288 g/mol. The number of benzene rings is 1. The van der Waals surface area contributed by atoms with E-state index in [4.69, 9.17) is 4.42 Å². The van der Waals surface area contributed by atoms with E-state index < -0.39 is 0 Å². The van der Waals surface area contributed by atoms with Crippen molar-refractivity contribution in [3.05, 3.63) is 59.5 Å². The highest BCUT2D eigenvalue weighted by Gasteiger charge is 2.25. The molecule has 3 rings (SSSR count). The lowest BCUT2D eigenvalue weighted by molar-refractivity contribution is 0.0914. The maximum atomic E-state index is 12.4. The van der Waals surface area contributed by atoms with E-state index in [1.807, 2.05) is 43.3 Å². The summed E-state index contributed by atoms with van der Waals surface area (Å²) in [6.07, 6.45) is 5.41. The van der Waals surface area contributed by atoms with Gasteiger partial charge in [0.05, 0.1) is 12.3 Å². The van der Waals surface area contributed by atoms with Gasteiger partial charge in [-0.1, -0.05) is 24.1 Å². The van der Waals surface area contributed by atoms with Gasteiger partial charge in [0.2, 0.25) is 0 Å². The number of nitrogens with zero attached hydrogens (tertiary/aromatic N) is 1. The summed E-state index contributed by atoms with van der Waals surface area (Å²) >= 11 is 0. The summed E-state index contributed by atoms with van der Waals surface area (Å²) in [5.74, 6) is 0.898. The lowest BCUT2D eigenvalue weighted by Crippen LogP contribution is -2.40. The average molecular weight is 312 g/mol. The molecule has 1 fully saturated rings. The van der Waals surface area contributed by atoms with Crippen molar-refractivity contribution in [3.8, 4) is 0 Å². The molecule has 0 saturated carbocycles. The zero-order valence-corrected chi connectivity index (χ0v) is 13.6. The van der Waals surface area contributed by atoms with Crippen molar-refractivity contribution in [3.63, 3.8) is 0 Å². The highest BCUT2D eigenvalue weighted by Crippen LogP contribution is 2.24. The van der Waals surface area contributed by atoms with Crippen LogP contribution in [0.5, 0.6) is 0 Å². The van der Waals surface area contributed by atoms with Gasteiger partial charge in [0, 0.05) is 12.1 Å². The Labute approximate surface area is 137 Å². The van der Waals surface area contributed by atoms with Crippen LogP contribution < -0.4 is 5.32 Å². The average Bonchev–Trinajstić information content (AvgIpc) is 3.11. The van der Waals surface area contributed by atoms with Crippen molar-refractivity contribution in [2.24, 2.45) is 0 Å². The number of carbonyl (C=O) groups is 1. The molecule has 4 heteroatoms. The van der Waals surface area contributed by atoms with E-state index in [2.05, 4.69) is 10.2 Å². The molecule has 0 spiro atoms. The van der Waals surface area contributed by atoms with Gasteiger partial charge in [0.15, 0.2) is 0 Å². The van der Waals surface area contributed by atoms with Crippen LogP contribution in [0.1, 0.15) is 47.0 Å². The highest BCUT2D eigenvalue weighted by molar-refractivity contribution is 5.94. The lowest BCUT2D eigenvalue weighted by atomic mass is 10.1. The second-order valence-corrected chi connectivity index (χ2v) is 6.20. The number of hydrogen-bond donors (Lipinski definition) is 1. The van der Waals surface area contributed by atoms with Gasteiger partial charge in [-0.25, -0.2) is 0 Å². The van der Waals surface area contributed by atoms with E-state index in [9.17, 15) is 4.79 Å². The van der Waals surface area contributed by atoms with Gasteiger partial charge in [-0.3, -0.25) is 9.69 Å². The molecule has 1 aliphatic rings. The first-order valence-corrected chi connectivity index (χ1v) is 8.36. The fourth-order valence-corrected chi connectivity index (χ4v) is 3.12. The van der Waals surface area contributed by atoms with Crippen LogP contribution >= 0.6 is 0 Å². The van der Waals surface area contributed by atoms with Crippen molar-refractivity contribution < 1.29 is 9.21 Å². The first kappa shape index (κ1) is 15.8. The first-order chi connectivity index (χ1) is 11.2. The molecule has 1 unspecified atom stereocenters. The number of furan rings is 1. The van der Waals surface area contributed by atoms with Crippen LogP contribution in [-0.2, 0) is 0 Å². The number of carbonyl (C=O) groups excluding carboxylic acids is 1. The summed E-state index contributed by atoms with van der Waals surface area (Å²) in [6, 6.07) is 11.7. The summed E-state index contributed by atoms with van der Waals surface area (Å²) < 4.78 is 5.61. The molecule has 23 heavy (non-hydrogen) atoms. The topological polar surface area (TPSA) is 45.5 Å². The van der Waals surface area contributed by atoms with Crippen molar-refractivity contribution >= 4 is 5.91 Å².